The standard InChI is InChI=1S/C5H13N3/c1-3-2-5(3,8)4(6)7/h3-4H,2,6-8H2,1H3. The van der Waals surface area contributed by atoms with E-state index in [1.54, 1.807) is 0 Å². The Hall–Kier alpha value is -0.120. The molecular weight excluding hydrogens is 102 g/mol. The highest BCUT2D eigenvalue weighted by atomic mass is 15.0. The second kappa shape index (κ2) is 1.43. The maximum atomic E-state index is 5.68. The molecule has 2 atom stereocenters. The van der Waals surface area contributed by atoms with Crippen molar-refractivity contribution in [3.8, 4) is 0 Å². The molecular formula is C5H13N3. The van der Waals surface area contributed by atoms with E-state index in [4.69, 9.17) is 17.2 Å². The van der Waals surface area contributed by atoms with Crippen LogP contribution in [0, 0.1) is 5.92 Å². The number of nitrogens with two attached hydrogens (primary N) is 3. The lowest BCUT2D eigenvalue weighted by molar-refractivity contribution is 0.496. The summed E-state index contributed by atoms with van der Waals surface area (Å²) in [6.45, 7) is 2.06. The molecule has 1 saturated carbocycles. The largest absolute Gasteiger partial charge is 0.322 e. The summed E-state index contributed by atoms with van der Waals surface area (Å²) in [6.07, 6.45) is 0.641. The predicted octanol–water partition coefficient (Wildman–Crippen LogP) is -1.03. The molecule has 1 aliphatic rings. The Kier molecular flexibility index (Phi) is 1.08. The third kappa shape index (κ3) is 0.632. The highest BCUT2D eigenvalue weighted by Gasteiger charge is 2.50. The first kappa shape index (κ1) is 6.01. The van der Waals surface area contributed by atoms with Gasteiger partial charge in [-0.05, 0) is 12.3 Å². The van der Waals surface area contributed by atoms with Gasteiger partial charge in [0.25, 0.3) is 0 Å². The van der Waals surface area contributed by atoms with Crippen molar-refractivity contribution in [3.63, 3.8) is 0 Å². The molecule has 0 amide bonds. The van der Waals surface area contributed by atoms with Crippen LogP contribution < -0.4 is 17.2 Å². The van der Waals surface area contributed by atoms with Crippen molar-refractivity contribution >= 4 is 0 Å². The fourth-order valence-corrected chi connectivity index (χ4v) is 0.936. The van der Waals surface area contributed by atoms with E-state index < -0.39 is 0 Å². The predicted molar refractivity (Wildman–Crippen MR) is 32.9 cm³/mol. The third-order valence-electron chi connectivity index (χ3n) is 2.04. The van der Waals surface area contributed by atoms with Crippen molar-refractivity contribution in [2.45, 2.75) is 25.0 Å². The van der Waals surface area contributed by atoms with Crippen LogP contribution in [0.4, 0.5) is 0 Å². The Balaban J connectivity index is 2.47. The molecule has 0 aromatic carbocycles. The molecule has 3 heteroatoms. The molecule has 2 unspecified atom stereocenters. The fraction of sp³-hybridized carbons (Fsp3) is 1.00. The summed E-state index contributed by atoms with van der Waals surface area (Å²) in [7, 11) is 0. The molecule has 3 nitrogen and oxygen atoms in total. The molecule has 6 N–H and O–H groups in total. The van der Waals surface area contributed by atoms with Crippen LogP contribution in [0.3, 0.4) is 0 Å². The van der Waals surface area contributed by atoms with Crippen molar-refractivity contribution in [2.24, 2.45) is 23.1 Å². The van der Waals surface area contributed by atoms with Crippen molar-refractivity contribution in [1.82, 2.24) is 0 Å². The third-order valence-corrected chi connectivity index (χ3v) is 2.04. The average Bonchev–Trinajstić information content (AvgIpc) is 2.17. The van der Waals surface area contributed by atoms with E-state index in [9.17, 15) is 0 Å². The molecule has 0 aromatic rings. The summed E-state index contributed by atoms with van der Waals surface area (Å²) in [4.78, 5) is 0. The smallest absolute Gasteiger partial charge is 0.0709 e. The van der Waals surface area contributed by atoms with Gasteiger partial charge in [-0.2, -0.15) is 0 Å². The van der Waals surface area contributed by atoms with Crippen LogP contribution in [0.5, 0.6) is 0 Å². The summed E-state index contributed by atoms with van der Waals surface area (Å²) in [5.41, 5.74) is 16.2. The maximum absolute atomic E-state index is 5.68. The van der Waals surface area contributed by atoms with E-state index in [0.717, 1.165) is 6.42 Å². The molecule has 1 fully saturated rings. The topological polar surface area (TPSA) is 78.1 Å². The minimum absolute atomic E-state index is 0.236. The molecule has 0 aromatic heterocycles. The molecule has 0 bridgehead atoms. The van der Waals surface area contributed by atoms with Gasteiger partial charge in [0.2, 0.25) is 0 Å². The average molecular weight is 115 g/mol. The fourth-order valence-electron chi connectivity index (χ4n) is 0.936. The summed E-state index contributed by atoms with van der Waals surface area (Å²) < 4.78 is 0. The first-order valence-electron chi connectivity index (χ1n) is 2.87. The Morgan fingerprint density at radius 1 is 1.62 bits per heavy atom. The van der Waals surface area contributed by atoms with Crippen molar-refractivity contribution in [3.05, 3.63) is 0 Å². The van der Waals surface area contributed by atoms with Crippen LogP contribution in [-0.4, -0.2) is 11.7 Å². The second-order valence-corrected chi connectivity index (χ2v) is 2.74. The summed E-state index contributed by atoms with van der Waals surface area (Å²) in [5, 5.41) is 0. The van der Waals surface area contributed by atoms with Gasteiger partial charge in [-0.3, -0.25) is 0 Å². The zero-order valence-electron chi connectivity index (χ0n) is 5.09. The van der Waals surface area contributed by atoms with E-state index in [1.165, 1.54) is 0 Å². The van der Waals surface area contributed by atoms with Crippen LogP contribution in [0.25, 0.3) is 0 Å². The van der Waals surface area contributed by atoms with Crippen LogP contribution >= 0.6 is 0 Å². The zero-order valence-corrected chi connectivity index (χ0v) is 5.09. The molecule has 0 saturated heterocycles. The highest BCUT2D eigenvalue weighted by molar-refractivity contribution is 5.10. The molecule has 8 heavy (non-hydrogen) atoms. The summed E-state index contributed by atoms with van der Waals surface area (Å²) >= 11 is 0. The van der Waals surface area contributed by atoms with Crippen molar-refractivity contribution in [2.75, 3.05) is 0 Å². The minimum Gasteiger partial charge on any atom is -0.322 e. The van der Waals surface area contributed by atoms with Gasteiger partial charge in [0.05, 0.1) is 6.17 Å². The summed E-state index contributed by atoms with van der Waals surface area (Å²) in [5.74, 6) is 0.516. The van der Waals surface area contributed by atoms with Gasteiger partial charge in [0.15, 0.2) is 0 Å². The molecule has 1 aliphatic carbocycles. The van der Waals surface area contributed by atoms with Gasteiger partial charge < -0.3 is 17.2 Å². The van der Waals surface area contributed by atoms with E-state index >= 15 is 0 Å². The number of hydrogen-bond donors (Lipinski definition) is 3. The molecule has 0 heterocycles. The first-order valence-corrected chi connectivity index (χ1v) is 2.87. The summed E-state index contributed by atoms with van der Waals surface area (Å²) in [6, 6.07) is 0. The van der Waals surface area contributed by atoms with Crippen LogP contribution in [0.2, 0.25) is 0 Å². The lowest BCUT2D eigenvalue weighted by Crippen LogP contribution is -2.51. The lowest BCUT2D eigenvalue weighted by atomic mass is 10.2. The molecule has 48 valence electrons. The molecule has 1 rings (SSSR count). The minimum atomic E-state index is -0.336. The van der Waals surface area contributed by atoms with Crippen molar-refractivity contribution in [1.29, 1.82) is 0 Å². The maximum Gasteiger partial charge on any atom is 0.0709 e. The van der Waals surface area contributed by atoms with Gasteiger partial charge in [-0.15, -0.1) is 0 Å². The Morgan fingerprint density at radius 3 is 2.00 bits per heavy atom. The van der Waals surface area contributed by atoms with Gasteiger partial charge in [0.1, 0.15) is 0 Å². The van der Waals surface area contributed by atoms with E-state index in [2.05, 4.69) is 6.92 Å². The van der Waals surface area contributed by atoms with Gasteiger partial charge >= 0.3 is 0 Å². The van der Waals surface area contributed by atoms with Crippen LogP contribution in [0.1, 0.15) is 13.3 Å². The normalized spacial score (nSPS) is 45.4. The highest BCUT2D eigenvalue weighted by Crippen LogP contribution is 2.40. The Morgan fingerprint density at radius 2 is 2.00 bits per heavy atom. The van der Waals surface area contributed by atoms with E-state index in [0.29, 0.717) is 5.92 Å². The molecule has 0 spiro atoms. The van der Waals surface area contributed by atoms with Crippen LogP contribution in [-0.2, 0) is 0 Å². The van der Waals surface area contributed by atoms with Crippen LogP contribution in [0.15, 0.2) is 0 Å². The Bertz CT molecular complexity index is 102. The van der Waals surface area contributed by atoms with Gasteiger partial charge in [-0.25, -0.2) is 0 Å². The number of hydrogen-bond acceptors (Lipinski definition) is 3. The van der Waals surface area contributed by atoms with E-state index in [1.807, 2.05) is 0 Å². The molecule has 0 aliphatic heterocycles. The van der Waals surface area contributed by atoms with Crippen molar-refractivity contribution < 1.29 is 0 Å². The van der Waals surface area contributed by atoms with Gasteiger partial charge in [-0.1, -0.05) is 6.92 Å². The quantitative estimate of drug-likeness (QED) is 0.382. The van der Waals surface area contributed by atoms with E-state index in [-0.39, 0.29) is 11.7 Å². The Labute approximate surface area is 49.2 Å². The lowest BCUT2D eigenvalue weighted by Gasteiger charge is -2.13. The van der Waals surface area contributed by atoms with Gasteiger partial charge in [0, 0.05) is 5.54 Å². The first-order chi connectivity index (χ1) is 3.57. The molecule has 0 radical (unpaired) electrons. The number of rotatable bonds is 1. The zero-order chi connectivity index (χ0) is 6.36. The SMILES string of the molecule is CC1CC1(N)C(N)N. The monoisotopic (exact) mass is 115 g/mol. The second-order valence-electron chi connectivity index (χ2n) is 2.74.